The summed E-state index contributed by atoms with van der Waals surface area (Å²) in [6.45, 7) is 2.39. The predicted octanol–water partition coefficient (Wildman–Crippen LogP) is 1.08. The molecule has 1 aliphatic heterocycles. The summed E-state index contributed by atoms with van der Waals surface area (Å²) < 4.78 is 0. The number of hydrogen-bond acceptors (Lipinski definition) is 4. The maximum absolute atomic E-state index is 11.9. The molecule has 0 saturated carbocycles. The topological polar surface area (TPSA) is 45.2 Å². The van der Waals surface area contributed by atoms with Gasteiger partial charge in [0.25, 0.3) is 0 Å². The summed E-state index contributed by atoms with van der Waals surface area (Å²) in [6, 6.07) is 3.68. The molecular weight excluding hydrogens is 202 g/mol. The van der Waals surface area contributed by atoms with Crippen LogP contribution in [0.25, 0.3) is 0 Å². The predicted molar refractivity (Wildman–Crippen MR) is 63.9 cm³/mol. The van der Waals surface area contributed by atoms with Crippen molar-refractivity contribution >= 4 is 11.6 Å². The Kier molecular flexibility index (Phi) is 3.51. The van der Waals surface area contributed by atoms with Crippen LogP contribution in [-0.2, 0) is 0 Å². The molecule has 4 nitrogen and oxygen atoms in total. The molecule has 0 unspecified atom stereocenters. The Labute approximate surface area is 95.7 Å². The number of rotatable bonds is 4. The summed E-state index contributed by atoms with van der Waals surface area (Å²) in [7, 11) is 1.78. The SMILES string of the molecule is CNCC(=O)c1cccnc1N1CCCC1. The van der Waals surface area contributed by atoms with Crippen molar-refractivity contribution in [2.45, 2.75) is 12.8 Å². The molecule has 0 atom stereocenters. The van der Waals surface area contributed by atoms with Crippen molar-refractivity contribution in [2.75, 3.05) is 31.6 Å². The summed E-state index contributed by atoms with van der Waals surface area (Å²) in [5.74, 6) is 0.956. The van der Waals surface area contributed by atoms with E-state index in [1.54, 1.807) is 13.2 Å². The van der Waals surface area contributed by atoms with E-state index in [1.807, 2.05) is 12.1 Å². The monoisotopic (exact) mass is 219 g/mol. The lowest BCUT2D eigenvalue weighted by molar-refractivity contribution is 0.0994. The Morgan fingerprint density at radius 1 is 1.50 bits per heavy atom. The second kappa shape index (κ2) is 5.07. The van der Waals surface area contributed by atoms with Crippen molar-refractivity contribution in [3.8, 4) is 0 Å². The zero-order valence-corrected chi connectivity index (χ0v) is 9.57. The van der Waals surface area contributed by atoms with Crippen LogP contribution < -0.4 is 10.2 Å². The van der Waals surface area contributed by atoms with E-state index in [-0.39, 0.29) is 5.78 Å². The van der Waals surface area contributed by atoms with Gasteiger partial charge in [-0.15, -0.1) is 0 Å². The molecular formula is C12H17N3O. The van der Waals surface area contributed by atoms with E-state index in [1.165, 1.54) is 12.8 Å². The number of aromatic nitrogens is 1. The standard InChI is InChI=1S/C12H17N3O/c1-13-9-11(16)10-5-4-6-14-12(10)15-7-2-3-8-15/h4-6,13H,2-3,7-9H2,1H3. The summed E-state index contributed by atoms with van der Waals surface area (Å²) in [5, 5.41) is 2.89. The third kappa shape index (κ3) is 2.22. The van der Waals surface area contributed by atoms with Gasteiger partial charge in [-0.1, -0.05) is 0 Å². The van der Waals surface area contributed by atoms with Gasteiger partial charge in [-0.05, 0) is 32.0 Å². The van der Waals surface area contributed by atoms with E-state index in [0.717, 1.165) is 24.5 Å². The lowest BCUT2D eigenvalue weighted by Crippen LogP contribution is -2.25. The molecule has 4 heteroatoms. The molecule has 2 heterocycles. The smallest absolute Gasteiger partial charge is 0.180 e. The number of Topliss-reactive ketones (excluding diaryl/α,β-unsaturated/α-hetero) is 1. The highest BCUT2D eigenvalue weighted by Crippen LogP contribution is 2.21. The van der Waals surface area contributed by atoms with Crippen LogP contribution in [0.15, 0.2) is 18.3 Å². The number of carbonyl (C=O) groups is 1. The van der Waals surface area contributed by atoms with Gasteiger partial charge in [0.1, 0.15) is 5.82 Å². The van der Waals surface area contributed by atoms with Gasteiger partial charge in [0, 0.05) is 19.3 Å². The van der Waals surface area contributed by atoms with Crippen LogP contribution in [0, 0.1) is 0 Å². The number of hydrogen-bond donors (Lipinski definition) is 1. The zero-order chi connectivity index (χ0) is 11.4. The van der Waals surface area contributed by atoms with Crippen LogP contribution in [-0.4, -0.2) is 37.4 Å². The first-order valence-electron chi connectivity index (χ1n) is 5.70. The largest absolute Gasteiger partial charge is 0.356 e. The lowest BCUT2D eigenvalue weighted by Gasteiger charge is -2.19. The van der Waals surface area contributed by atoms with Crippen LogP contribution in [0.1, 0.15) is 23.2 Å². The molecule has 86 valence electrons. The molecule has 1 aromatic heterocycles. The highest BCUT2D eigenvalue weighted by molar-refractivity contribution is 6.01. The fourth-order valence-corrected chi connectivity index (χ4v) is 2.05. The Hall–Kier alpha value is -1.42. The van der Waals surface area contributed by atoms with Crippen LogP contribution in [0.3, 0.4) is 0 Å². The van der Waals surface area contributed by atoms with Gasteiger partial charge in [0.2, 0.25) is 0 Å². The van der Waals surface area contributed by atoms with Crippen LogP contribution >= 0.6 is 0 Å². The van der Waals surface area contributed by atoms with E-state index in [0.29, 0.717) is 6.54 Å². The molecule has 0 amide bonds. The number of pyridine rings is 1. The molecule has 1 aromatic rings. The first-order valence-corrected chi connectivity index (χ1v) is 5.70. The normalized spacial score (nSPS) is 15.4. The summed E-state index contributed by atoms with van der Waals surface area (Å²) in [6.07, 6.45) is 4.14. The maximum atomic E-state index is 11.9. The van der Waals surface area contributed by atoms with Crippen molar-refractivity contribution < 1.29 is 4.79 Å². The van der Waals surface area contributed by atoms with Gasteiger partial charge in [0.15, 0.2) is 5.78 Å². The molecule has 1 aliphatic rings. The van der Waals surface area contributed by atoms with Crippen LogP contribution in [0.4, 0.5) is 5.82 Å². The summed E-state index contributed by atoms with van der Waals surface area (Å²) >= 11 is 0. The Morgan fingerprint density at radius 3 is 2.94 bits per heavy atom. The second-order valence-electron chi connectivity index (χ2n) is 4.02. The van der Waals surface area contributed by atoms with E-state index in [9.17, 15) is 4.79 Å². The second-order valence-corrected chi connectivity index (χ2v) is 4.02. The highest BCUT2D eigenvalue weighted by Gasteiger charge is 2.19. The fraction of sp³-hybridized carbons (Fsp3) is 0.500. The van der Waals surface area contributed by atoms with E-state index < -0.39 is 0 Å². The molecule has 1 N–H and O–H groups in total. The first-order chi connectivity index (χ1) is 7.83. The van der Waals surface area contributed by atoms with Crippen molar-refractivity contribution in [3.05, 3.63) is 23.9 Å². The van der Waals surface area contributed by atoms with E-state index in [4.69, 9.17) is 0 Å². The number of carbonyl (C=O) groups excluding carboxylic acids is 1. The fourth-order valence-electron chi connectivity index (χ4n) is 2.05. The number of nitrogens with one attached hydrogen (secondary N) is 1. The minimum absolute atomic E-state index is 0.109. The number of ketones is 1. The molecule has 1 fully saturated rings. The van der Waals surface area contributed by atoms with Gasteiger partial charge < -0.3 is 10.2 Å². The van der Waals surface area contributed by atoms with Crippen molar-refractivity contribution in [2.24, 2.45) is 0 Å². The Balaban J connectivity index is 2.26. The Bertz CT molecular complexity index is 372. The quantitative estimate of drug-likeness (QED) is 0.770. The summed E-state index contributed by atoms with van der Waals surface area (Å²) in [4.78, 5) is 18.4. The maximum Gasteiger partial charge on any atom is 0.180 e. The van der Waals surface area contributed by atoms with E-state index >= 15 is 0 Å². The molecule has 0 radical (unpaired) electrons. The highest BCUT2D eigenvalue weighted by atomic mass is 16.1. The molecule has 0 aromatic carbocycles. The van der Waals surface area contributed by atoms with Crippen molar-refractivity contribution in [1.29, 1.82) is 0 Å². The van der Waals surface area contributed by atoms with Crippen molar-refractivity contribution in [1.82, 2.24) is 10.3 Å². The average Bonchev–Trinajstić information content (AvgIpc) is 2.83. The minimum Gasteiger partial charge on any atom is -0.356 e. The molecule has 0 spiro atoms. The van der Waals surface area contributed by atoms with Crippen molar-refractivity contribution in [3.63, 3.8) is 0 Å². The minimum atomic E-state index is 0.109. The number of anilines is 1. The van der Waals surface area contributed by atoms with Gasteiger partial charge in [-0.25, -0.2) is 4.98 Å². The van der Waals surface area contributed by atoms with Crippen LogP contribution in [0.2, 0.25) is 0 Å². The number of likely N-dealkylation sites (N-methyl/N-ethyl adjacent to an activating group) is 1. The molecule has 16 heavy (non-hydrogen) atoms. The third-order valence-electron chi connectivity index (χ3n) is 2.83. The molecule has 1 saturated heterocycles. The summed E-state index contributed by atoms with van der Waals surface area (Å²) in [5.41, 5.74) is 0.735. The van der Waals surface area contributed by atoms with Gasteiger partial charge in [-0.3, -0.25) is 4.79 Å². The van der Waals surface area contributed by atoms with Gasteiger partial charge in [0.05, 0.1) is 12.1 Å². The molecule has 2 rings (SSSR count). The molecule has 0 aliphatic carbocycles. The first kappa shape index (κ1) is 11.1. The zero-order valence-electron chi connectivity index (χ0n) is 9.57. The number of nitrogens with zero attached hydrogens (tertiary/aromatic N) is 2. The third-order valence-corrected chi connectivity index (χ3v) is 2.83. The lowest BCUT2D eigenvalue weighted by atomic mass is 10.1. The average molecular weight is 219 g/mol. The van der Waals surface area contributed by atoms with Gasteiger partial charge >= 0.3 is 0 Å². The van der Waals surface area contributed by atoms with E-state index in [2.05, 4.69) is 15.2 Å². The van der Waals surface area contributed by atoms with Crippen LogP contribution in [0.5, 0.6) is 0 Å². The van der Waals surface area contributed by atoms with Gasteiger partial charge in [-0.2, -0.15) is 0 Å². The Morgan fingerprint density at radius 2 is 2.25 bits per heavy atom. The molecule has 0 bridgehead atoms.